The highest BCUT2D eigenvalue weighted by molar-refractivity contribution is 5.92. The molecule has 8 heteroatoms. The molecule has 0 bridgehead atoms. The Morgan fingerprint density at radius 2 is 1.74 bits per heavy atom. The summed E-state index contributed by atoms with van der Waals surface area (Å²) in [5.74, 6) is 1.02. The maximum absolute atomic E-state index is 12.6. The van der Waals surface area contributed by atoms with Gasteiger partial charge in [0, 0.05) is 13.1 Å². The highest BCUT2D eigenvalue weighted by Crippen LogP contribution is 2.29. The third-order valence-corrected chi connectivity index (χ3v) is 4.63. The molecule has 1 fully saturated rings. The van der Waals surface area contributed by atoms with Crippen LogP contribution in [0.1, 0.15) is 30.9 Å². The summed E-state index contributed by atoms with van der Waals surface area (Å²) in [5, 5.41) is 2.67. The summed E-state index contributed by atoms with van der Waals surface area (Å²) in [6, 6.07) is 4.55. The smallest absolute Gasteiger partial charge is 0.341 e. The van der Waals surface area contributed by atoms with Crippen LogP contribution in [-0.2, 0) is 17.4 Å². The molecule has 144 valence electrons. The number of halogens is 3. The van der Waals surface area contributed by atoms with Crippen molar-refractivity contribution in [3.63, 3.8) is 0 Å². The number of alkyl halides is 3. The van der Waals surface area contributed by atoms with E-state index in [0.29, 0.717) is 23.1 Å². The maximum Gasteiger partial charge on any atom is 0.416 e. The molecule has 0 saturated carbocycles. The number of anilines is 2. The fourth-order valence-electron chi connectivity index (χ4n) is 2.96. The van der Waals surface area contributed by atoms with Gasteiger partial charge < -0.3 is 10.2 Å². The monoisotopic (exact) mass is 378 g/mol. The predicted octanol–water partition coefficient (Wildman–Crippen LogP) is 3.91. The molecule has 1 aromatic carbocycles. The van der Waals surface area contributed by atoms with E-state index in [9.17, 15) is 18.0 Å². The molecule has 5 nitrogen and oxygen atoms in total. The van der Waals surface area contributed by atoms with Crippen molar-refractivity contribution in [2.24, 2.45) is 5.92 Å². The molecule has 0 atom stereocenters. The van der Waals surface area contributed by atoms with Gasteiger partial charge in [-0.2, -0.15) is 13.2 Å². The summed E-state index contributed by atoms with van der Waals surface area (Å²) in [6.07, 6.45) is 0.899. The van der Waals surface area contributed by atoms with Crippen molar-refractivity contribution in [2.75, 3.05) is 23.3 Å². The van der Waals surface area contributed by atoms with Gasteiger partial charge >= 0.3 is 6.18 Å². The van der Waals surface area contributed by atoms with E-state index < -0.39 is 11.7 Å². The van der Waals surface area contributed by atoms with E-state index >= 15 is 0 Å². The quantitative estimate of drug-likeness (QED) is 0.876. The number of hydrogen-bond acceptors (Lipinski definition) is 4. The van der Waals surface area contributed by atoms with Crippen molar-refractivity contribution in [1.29, 1.82) is 0 Å². The maximum atomic E-state index is 12.6. The number of benzene rings is 1. The number of nitrogens with zero attached hydrogens (tertiary/aromatic N) is 3. The highest BCUT2D eigenvalue weighted by Gasteiger charge is 2.30. The molecule has 1 aromatic heterocycles. The third-order valence-electron chi connectivity index (χ3n) is 4.63. The van der Waals surface area contributed by atoms with Gasteiger partial charge in [-0.1, -0.05) is 19.1 Å². The largest absolute Gasteiger partial charge is 0.416 e. The number of piperidine rings is 1. The number of amides is 1. The molecule has 0 radical (unpaired) electrons. The molecule has 3 rings (SSSR count). The Morgan fingerprint density at radius 1 is 1.15 bits per heavy atom. The molecule has 27 heavy (non-hydrogen) atoms. The lowest BCUT2D eigenvalue weighted by molar-refractivity contribution is -0.137. The minimum Gasteiger partial charge on any atom is -0.341 e. The average molecular weight is 378 g/mol. The summed E-state index contributed by atoms with van der Waals surface area (Å²) >= 11 is 0. The van der Waals surface area contributed by atoms with Crippen LogP contribution < -0.4 is 10.2 Å². The highest BCUT2D eigenvalue weighted by atomic mass is 19.4. The topological polar surface area (TPSA) is 58.1 Å². The van der Waals surface area contributed by atoms with Crippen LogP contribution in [0.15, 0.2) is 36.7 Å². The number of carbonyl (C=O) groups excluding carboxylic acids is 1. The van der Waals surface area contributed by atoms with Crippen LogP contribution in [0.5, 0.6) is 0 Å². The number of aromatic nitrogens is 2. The summed E-state index contributed by atoms with van der Waals surface area (Å²) < 4.78 is 37.7. The molecule has 0 unspecified atom stereocenters. The van der Waals surface area contributed by atoms with Crippen molar-refractivity contribution >= 4 is 17.5 Å². The van der Waals surface area contributed by atoms with Gasteiger partial charge in [-0.3, -0.25) is 4.79 Å². The van der Waals surface area contributed by atoms with Crippen molar-refractivity contribution in [1.82, 2.24) is 9.97 Å². The average Bonchev–Trinajstić information content (AvgIpc) is 2.63. The van der Waals surface area contributed by atoms with Crippen LogP contribution >= 0.6 is 0 Å². The van der Waals surface area contributed by atoms with E-state index in [0.717, 1.165) is 38.1 Å². The van der Waals surface area contributed by atoms with Gasteiger partial charge in [0.25, 0.3) is 0 Å². The Kier molecular flexibility index (Phi) is 5.62. The van der Waals surface area contributed by atoms with Crippen molar-refractivity contribution in [3.05, 3.63) is 47.8 Å². The number of hydrogen-bond donors (Lipinski definition) is 1. The Labute approximate surface area is 155 Å². The molecule has 1 saturated heterocycles. The fraction of sp³-hybridized carbons (Fsp3) is 0.421. The van der Waals surface area contributed by atoms with E-state index in [1.54, 1.807) is 12.4 Å². The SMILES string of the molecule is CC1CCN(c2ncc(NC(=O)Cc3ccc(C(F)(F)F)cc3)cn2)CC1. The number of nitrogens with one attached hydrogen (secondary N) is 1. The molecular weight excluding hydrogens is 357 g/mol. The van der Waals surface area contributed by atoms with Crippen LogP contribution in [0.4, 0.5) is 24.8 Å². The van der Waals surface area contributed by atoms with Gasteiger partial charge in [-0.15, -0.1) is 0 Å². The van der Waals surface area contributed by atoms with E-state index in [-0.39, 0.29) is 12.3 Å². The Morgan fingerprint density at radius 3 is 2.30 bits per heavy atom. The van der Waals surface area contributed by atoms with Gasteiger partial charge in [0.05, 0.1) is 30.1 Å². The molecule has 0 spiro atoms. The lowest BCUT2D eigenvalue weighted by Gasteiger charge is -2.30. The molecule has 0 aliphatic carbocycles. The van der Waals surface area contributed by atoms with Gasteiger partial charge in [0.15, 0.2) is 0 Å². The van der Waals surface area contributed by atoms with Gasteiger partial charge in [0.1, 0.15) is 0 Å². The first-order chi connectivity index (χ1) is 12.8. The van der Waals surface area contributed by atoms with E-state index in [1.165, 1.54) is 12.1 Å². The van der Waals surface area contributed by atoms with Crippen LogP contribution in [0.3, 0.4) is 0 Å². The second kappa shape index (κ2) is 7.94. The number of rotatable bonds is 4. The normalized spacial score (nSPS) is 15.6. The Hall–Kier alpha value is -2.64. The molecule has 1 N–H and O–H groups in total. The predicted molar refractivity (Wildman–Crippen MR) is 96.4 cm³/mol. The van der Waals surface area contributed by atoms with E-state index in [2.05, 4.69) is 27.1 Å². The summed E-state index contributed by atoms with van der Waals surface area (Å²) in [4.78, 5) is 22.8. The molecule has 1 amide bonds. The molecule has 1 aliphatic rings. The lowest BCUT2D eigenvalue weighted by Crippen LogP contribution is -2.34. The van der Waals surface area contributed by atoms with Gasteiger partial charge in [-0.25, -0.2) is 9.97 Å². The molecular formula is C19H21F3N4O. The fourth-order valence-corrected chi connectivity index (χ4v) is 2.96. The van der Waals surface area contributed by atoms with Crippen molar-refractivity contribution in [2.45, 2.75) is 32.4 Å². The zero-order valence-electron chi connectivity index (χ0n) is 15.0. The minimum absolute atomic E-state index is 0.0239. The first kappa shape index (κ1) is 19.1. The molecule has 2 heterocycles. The summed E-state index contributed by atoms with van der Waals surface area (Å²) in [5.41, 5.74) is 0.226. The first-order valence-electron chi connectivity index (χ1n) is 8.84. The zero-order valence-corrected chi connectivity index (χ0v) is 15.0. The third kappa shape index (κ3) is 5.18. The zero-order chi connectivity index (χ0) is 19.4. The van der Waals surface area contributed by atoms with Gasteiger partial charge in [-0.05, 0) is 36.5 Å². The number of carbonyl (C=O) groups is 1. The van der Waals surface area contributed by atoms with Crippen molar-refractivity contribution in [3.8, 4) is 0 Å². The second-order valence-corrected chi connectivity index (χ2v) is 6.86. The van der Waals surface area contributed by atoms with Crippen LogP contribution in [0.2, 0.25) is 0 Å². The van der Waals surface area contributed by atoms with E-state index in [1.807, 2.05) is 0 Å². The first-order valence-corrected chi connectivity index (χ1v) is 8.84. The Balaban J connectivity index is 1.55. The Bertz CT molecular complexity index is 767. The van der Waals surface area contributed by atoms with E-state index in [4.69, 9.17) is 0 Å². The lowest BCUT2D eigenvalue weighted by atomic mass is 10.00. The standard InChI is InChI=1S/C19H21F3N4O/c1-13-6-8-26(9-7-13)18-23-11-16(12-24-18)25-17(27)10-14-2-4-15(5-3-14)19(20,21)22/h2-5,11-13H,6-10H2,1H3,(H,25,27). The van der Waals surface area contributed by atoms with Crippen LogP contribution in [-0.4, -0.2) is 29.0 Å². The second-order valence-electron chi connectivity index (χ2n) is 6.86. The molecule has 1 aliphatic heterocycles. The molecule has 2 aromatic rings. The van der Waals surface area contributed by atoms with Crippen LogP contribution in [0, 0.1) is 5.92 Å². The summed E-state index contributed by atoms with van der Waals surface area (Å²) in [7, 11) is 0. The summed E-state index contributed by atoms with van der Waals surface area (Å²) in [6.45, 7) is 4.06. The minimum atomic E-state index is -4.38. The van der Waals surface area contributed by atoms with Gasteiger partial charge in [0.2, 0.25) is 11.9 Å². The van der Waals surface area contributed by atoms with Crippen molar-refractivity contribution < 1.29 is 18.0 Å². The van der Waals surface area contributed by atoms with Crippen LogP contribution in [0.25, 0.3) is 0 Å².